The van der Waals surface area contributed by atoms with Gasteiger partial charge < -0.3 is 10.5 Å². The van der Waals surface area contributed by atoms with Crippen LogP contribution in [0.3, 0.4) is 0 Å². The topological polar surface area (TPSA) is 72.6 Å². The number of rotatable bonds is 2. The van der Waals surface area contributed by atoms with Gasteiger partial charge in [-0.3, -0.25) is 9.69 Å². The molecule has 0 atom stereocenters. The number of benzene rings is 1. The van der Waals surface area contributed by atoms with Crippen LogP contribution in [0.15, 0.2) is 24.3 Å². The lowest BCUT2D eigenvalue weighted by Crippen LogP contribution is -2.36. The summed E-state index contributed by atoms with van der Waals surface area (Å²) in [4.78, 5) is 24.8. The molecule has 0 saturated heterocycles. The number of hydrogen-bond acceptors (Lipinski definition) is 3. The molecular formula is C16H20N2O3. The van der Waals surface area contributed by atoms with Crippen LogP contribution < -0.4 is 10.6 Å². The Morgan fingerprint density at radius 3 is 2.67 bits per heavy atom. The lowest BCUT2D eigenvalue weighted by atomic mass is 10.1. The monoisotopic (exact) mass is 288 g/mol. The lowest BCUT2D eigenvalue weighted by molar-refractivity contribution is -0.113. The molecule has 5 heteroatoms. The van der Waals surface area contributed by atoms with E-state index < -0.39 is 11.5 Å². The largest absolute Gasteiger partial charge is 0.443 e. The molecule has 1 aliphatic heterocycles. The molecule has 0 spiro atoms. The Kier molecular flexibility index (Phi) is 4.02. The first-order valence-electron chi connectivity index (χ1n) is 6.88. The van der Waals surface area contributed by atoms with Gasteiger partial charge >= 0.3 is 6.09 Å². The first kappa shape index (κ1) is 15.1. The zero-order valence-electron chi connectivity index (χ0n) is 12.6. The molecule has 1 aromatic rings. The first-order valence-corrected chi connectivity index (χ1v) is 6.88. The van der Waals surface area contributed by atoms with Crippen molar-refractivity contribution >= 4 is 23.8 Å². The van der Waals surface area contributed by atoms with Gasteiger partial charge in [-0.25, -0.2) is 4.79 Å². The Morgan fingerprint density at radius 1 is 1.33 bits per heavy atom. The quantitative estimate of drug-likeness (QED) is 0.850. The zero-order valence-corrected chi connectivity index (χ0v) is 12.6. The number of ether oxygens (including phenoxy) is 1. The molecule has 21 heavy (non-hydrogen) atoms. The minimum absolute atomic E-state index is 0.374. The minimum Gasteiger partial charge on any atom is -0.443 e. The summed E-state index contributed by atoms with van der Waals surface area (Å²) in [5, 5.41) is 0. The Hall–Kier alpha value is -2.30. The molecule has 1 heterocycles. The first-order chi connectivity index (χ1) is 9.78. The van der Waals surface area contributed by atoms with Gasteiger partial charge in [0, 0.05) is 12.6 Å². The number of carbonyl (C=O) groups is 2. The SMILES string of the molecule is CC(C)(C)OC(=O)N1CCc2cccc(/C=C\C(N)=O)c21. The van der Waals surface area contributed by atoms with Gasteiger partial charge in [-0.15, -0.1) is 0 Å². The van der Waals surface area contributed by atoms with Crippen molar-refractivity contribution in [3.63, 3.8) is 0 Å². The van der Waals surface area contributed by atoms with Crippen molar-refractivity contribution in [1.29, 1.82) is 0 Å². The summed E-state index contributed by atoms with van der Waals surface area (Å²) in [7, 11) is 0. The summed E-state index contributed by atoms with van der Waals surface area (Å²) in [6.45, 7) is 6.08. The highest BCUT2D eigenvalue weighted by Gasteiger charge is 2.30. The number of amides is 2. The van der Waals surface area contributed by atoms with Crippen LogP contribution in [0, 0.1) is 0 Å². The van der Waals surface area contributed by atoms with Gasteiger partial charge in [-0.1, -0.05) is 18.2 Å². The standard InChI is InChI=1S/C16H20N2O3/c1-16(2,3)21-15(20)18-10-9-12-6-4-5-11(14(12)18)7-8-13(17)19/h4-8H,9-10H2,1-3H3,(H2,17,19)/b8-7-. The molecule has 2 rings (SSSR count). The van der Waals surface area contributed by atoms with E-state index in [0.29, 0.717) is 6.54 Å². The van der Waals surface area contributed by atoms with Crippen molar-refractivity contribution in [2.24, 2.45) is 5.73 Å². The number of carbonyl (C=O) groups excluding carboxylic acids is 2. The molecule has 0 unspecified atom stereocenters. The number of nitrogens with two attached hydrogens (primary N) is 1. The number of fused-ring (bicyclic) bond motifs is 1. The van der Waals surface area contributed by atoms with Crippen LogP contribution in [-0.4, -0.2) is 24.1 Å². The Morgan fingerprint density at radius 2 is 2.05 bits per heavy atom. The predicted octanol–water partition coefficient (Wildman–Crippen LogP) is 2.48. The lowest BCUT2D eigenvalue weighted by Gasteiger charge is -2.25. The average Bonchev–Trinajstić information content (AvgIpc) is 2.78. The Balaban J connectivity index is 2.33. The van der Waals surface area contributed by atoms with Crippen molar-refractivity contribution in [3.8, 4) is 0 Å². The van der Waals surface area contributed by atoms with E-state index in [4.69, 9.17) is 10.5 Å². The van der Waals surface area contributed by atoms with E-state index in [-0.39, 0.29) is 6.09 Å². The van der Waals surface area contributed by atoms with Crippen LogP contribution >= 0.6 is 0 Å². The van der Waals surface area contributed by atoms with E-state index >= 15 is 0 Å². The number of hydrogen-bond donors (Lipinski definition) is 1. The molecular weight excluding hydrogens is 268 g/mol. The van der Waals surface area contributed by atoms with Crippen LogP contribution in [-0.2, 0) is 16.0 Å². The summed E-state index contributed by atoms with van der Waals surface area (Å²) in [6, 6.07) is 5.72. The van der Waals surface area contributed by atoms with Crippen LogP contribution in [0.5, 0.6) is 0 Å². The van der Waals surface area contributed by atoms with Gasteiger partial charge in [-0.05, 0) is 44.4 Å². The Labute approximate surface area is 124 Å². The molecule has 1 aliphatic rings. The molecule has 2 amide bonds. The van der Waals surface area contributed by atoms with Gasteiger partial charge in [0.2, 0.25) is 5.91 Å². The van der Waals surface area contributed by atoms with Crippen LogP contribution in [0.4, 0.5) is 10.5 Å². The molecule has 0 aromatic heterocycles. The average molecular weight is 288 g/mol. The fraction of sp³-hybridized carbons (Fsp3) is 0.375. The summed E-state index contributed by atoms with van der Waals surface area (Å²) in [5.41, 5.74) is 7.23. The second-order valence-corrected chi connectivity index (χ2v) is 5.97. The van der Waals surface area contributed by atoms with E-state index in [1.54, 1.807) is 11.0 Å². The third-order valence-corrected chi connectivity index (χ3v) is 3.07. The van der Waals surface area contributed by atoms with Crippen molar-refractivity contribution in [2.75, 3.05) is 11.4 Å². The van der Waals surface area contributed by atoms with Crippen molar-refractivity contribution in [2.45, 2.75) is 32.8 Å². The van der Waals surface area contributed by atoms with Crippen LogP contribution in [0.25, 0.3) is 6.08 Å². The third kappa shape index (κ3) is 3.62. The maximum absolute atomic E-state index is 12.3. The van der Waals surface area contributed by atoms with E-state index in [2.05, 4.69) is 0 Å². The number of anilines is 1. The summed E-state index contributed by atoms with van der Waals surface area (Å²) in [5.74, 6) is -0.519. The molecule has 1 aromatic carbocycles. The molecule has 2 N–H and O–H groups in total. The Bertz CT molecular complexity index is 600. The molecule has 0 fully saturated rings. The number of primary amides is 1. The fourth-order valence-corrected chi connectivity index (χ4v) is 2.29. The molecule has 0 aliphatic carbocycles. The summed E-state index contributed by atoms with van der Waals surface area (Å²) in [6.07, 6.45) is 3.32. The van der Waals surface area contributed by atoms with E-state index in [9.17, 15) is 9.59 Å². The van der Waals surface area contributed by atoms with Gasteiger partial charge in [0.05, 0.1) is 5.69 Å². The highest BCUT2D eigenvalue weighted by molar-refractivity contribution is 5.96. The highest BCUT2D eigenvalue weighted by atomic mass is 16.6. The van der Waals surface area contributed by atoms with Gasteiger partial charge in [-0.2, -0.15) is 0 Å². The maximum atomic E-state index is 12.3. The van der Waals surface area contributed by atoms with E-state index in [0.717, 1.165) is 23.2 Å². The second-order valence-electron chi connectivity index (χ2n) is 5.97. The number of nitrogens with zero attached hydrogens (tertiary/aromatic N) is 1. The van der Waals surface area contributed by atoms with Gasteiger partial charge in [0.1, 0.15) is 5.60 Å². The number of para-hydroxylation sites is 1. The maximum Gasteiger partial charge on any atom is 0.414 e. The van der Waals surface area contributed by atoms with E-state index in [1.807, 2.05) is 39.0 Å². The van der Waals surface area contributed by atoms with Crippen molar-refractivity contribution < 1.29 is 14.3 Å². The van der Waals surface area contributed by atoms with E-state index in [1.165, 1.54) is 6.08 Å². The second kappa shape index (κ2) is 5.60. The molecule has 0 radical (unpaired) electrons. The van der Waals surface area contributed by atoms with Crippen molar-refractivity contribution in [1.82, 2.24) is 0 Å². The van der Waals surface area contributed by atoms with Crippen LogP contribution in [0.2, 0.25) is 0 Å². The highest BCUT2D eigenvalue weighted by Crippen LogP contribution is 2.33. The minimum atomic E-state index is -0.544. The zero-order chi connectivity index (χ0) is 15.6. The van der Waals surface area contributed by atoms with Crippen molar-refractivity contribution in [3.05, 3.63) is 35.4 Å². The van der Waals surface area contributed by atoms with Gasteiger partial charge in [0.25, 0.3) is 0 Å². The molecule has 0 bridgehead atoms. The smallest absolute Gasteiger partial charge is 0.414 e. The van der Waals surface area contributed by atoms with Crippen LogP contribution in [0.1, 0.15) is 31.9 Å². The molecule has 112 valence electrons. The van der Waals surface area contributed by atoms with Gasteiger partial charge in [0.15, 0.2) is 0 Å². The third-order valence-electron chi connectivity index (χ3n) is 3.07. The molecule has 0 saturated carbocycles. The fourth-order valence-electron chi connectivity index (χ4n) is 2.29. The predicted molar refractivity (Wildman–Crippen MR) is 82.0 cm³/mol. The summed E-state index contributed by atoms with van der Waals surface area (Å²) < 4.78 is 5.43. The summed E-state index contributed by atoms with van der Waals surface area (Å²) >= 11 is 0. The normalized spacial score (nSPS) is 14.3. The molecule has 5 nitrogen and oxygen atoms in total.